The second-order valence-corrected chi connectivity index (χ2v) is 1.25. The molecule has 2 heteroatoms. The van der Waals surface area contributed by atoms with E-state index >= 15 is 0 Å². The predicted molar refractivity (Wildman–Crippen MR) is 26.9 cm³/mol. The molecule has 0 fully saturated rings. The molecule has 0 amide bonds. The number of hydrogen-bond acceptors (Lipinski definition) is 1. The van der Waals surface area contributed by atoms with E-state index < -0.39 is 0 Å². The van der Waals surface area contributed by atoms with Crippen LogP contribution >= 0.6 is 0 Å². The molecule has 0 unspecified atom stereocenters. The van der Waals surface area contributed by atoms with E-state index in [2.05, 4.69) is 6.07 Å². The third-order valence-electron chi connectivity index (χ3n) is 0.693. The van der Waals surface area contributed by atoms with E-state index in [9.17, 15) is 0 Å². The maximum Gasteiger partial charge on any atom is 1.00 e. The van der Waals surface area contributed by atoms with Gasteiger partial charge in [-0.15, -0.1) is 12.1 Å². The molecule has 1 aromatic carbocycles. The standard InChI is InChI=1S/C6H5O.Li/c7-6-4-2-1-3-5-6;/h1-4,7H;/q-1;+1. The summed E-state index contributed by atoms with van der Waals surface area (Å²) in [7, 11) is 0. The largest absolute Gasteiger partial charge is 1.00 e. The van der Waals surface area contributed by atoms with Crippen molar-refractivity contribution < 1.29 is 24.0 Å². The first kappa shape index (κ1) is 7.62. The second-order valence-electron chi connectivity index (χ2n) is 1.25. The van der Waals surface area contributed by atoms with Crippen LogP contribution in [0.15, 0.2) is 24.3 Å². The van der Waals surface area contributed by atoms with E-state index in [1.54, 1.807) is 24.3 Å². The van der Waals surface area contributed by atoms with Gasteiger partial charge in [0.25, 0.3) is 0 Å². The van der Waals surface area contributed by atoms with Crippen molar-refractivity contribution in [3.63, 3.8) is 0 Å². The normalized spacial score (nSPS) is 7.50. The predicted octanol–water partition coefficient (Wildman–Crippen LogP) is -1.80. The molecule has 0 heterocycles. The van der Waals surface area contributed by atoms with Crippen LogP contribution in [0.4, 0.5) is 0 Å². The Hall–Kier alpha value is -0.383. The molecule has 1 nitrogen and oxygen atoms in total. The third kappa shape index (κ3) is 2.06. The zero-order chi connectivity index (χ0) is 5.11. The molecule has 36 valence electrons. The van der Waals surface area contributed by atoms with E-state index in [0.29, 0.717) is 0 Å². The van der Waals surface area contributed by atoms with Crippen LogP contribution in [0.1, 0.15) is 0 Å². The summed E-state index contributed by atoms with van der Waals surface area (Å²) in [6, 6.07) is 9.39. The van der Waals surface area contributed by atoms with Crippen LogP contribution in [0.25, 0.3) is 0 Å². The van der Waals surface area contributed by atoms with E-state index in [4.69, 9.17) is 5.11 Å². The van der Waals surface area contributed by atoms with Gasteiger partial charge >= 0.3 is 18.9 Å². The Morgan fingerprint density at radius 2 is 2.12 bits per heavy atom. The van der Waals surface area contributed by atoms with Crippen LogP contribution in [-0.2, 0) is 0 Å². The topological polar surface area (TPSA) is 20.2 Å². The Labute approximate surface area is 60.5 Å². The maximum atomic E-state index is 8.58. The number of para-hydroxylation sites is 1. The van der Waals surface area contributed by atoms with E-state index in [-0.39, 0.29) is 24.6 Å². The number of hydrogen-bond donors (Lipinski definition) is 1. The van der Waals surface area contributed by atoms with Crippen molar-refractivity contribution in [1.82, 2.24) is 0 Å². The minimum absolute atomic E-state index is 0. The molecular formula is C6H5LiO. The summed E-state index contributed by atoms with van der Waals surface area (Å²) < 4.78 is 0. The fourth-order valence-corrected chi connectivity index (χ4v) is 0.384. The third-order valence-corrected chi connectivity index (χ3v) is 0.693. The Balaban J connectivity index is 0.000000490. The first-order chi connectivity index (χ1) is 3.39. The van der Waals surface area contributed by atoms with Crippen LogP contribution in [0.2, 0.25) is 0 Å². The van der Waals surface area contributed by atoms with Crippen LogP contribution in [0.3, 0.4) is 0 Å². The molecule has 0 radical (unpaired) electrons. The molecule has 0 aliphatic carbocycles. The number of phenolic OH excluding ortho intramolecular Hbond substituents is 1. The summed E-state index contributed by atoms with van der Waals surface area (Å²) in [5, 5.41) is 8.58. The van der Waals surface area contributed by atoms with Crippen molar-refractivity contribution in [3.8, 4) is 5.75 Å². The SMILES string of the molecule is Oc1[c-]cccc1.[Li+]. The van der Waals surface area contributed by atoms with Crippen molar-refractivity contribution >= 4 is 0 Å². The summed E-state index contributed by atoms with van der Waals surface area (Å²) in [6.07, 6.45) is 0. The van der Waals surface area contributed by atoms with Gasteiger partial charge in [-0.1, -0.05) is 0 Å². The fraction of sp³-hybridized carbons (Fsp3) is 0. The molecule has 1 N–H and O–H groups in total. The average molecular weight is 100 g/mol. The summed E-state index contributed by atoms with van der Waals surface area (Å²) in [5.74, 6) is 0.197. The molecule has 0 saturated heterocycles. The second kappa shape index (κ2) is 3.60. The molecular weight excluding hydrogens is 95.0 g/mol. The van der Waals surface area contributed by atoms with Gasteiger partial charge in [-0.2, -0.15) is 18.2 Å². The zero-order valence-corrected chi connectivity index (χ0v) is 4.76. The van der Waals surface area contributed by atoms with Gasteiger partial charge in [-0.25, -0.2) is 0 Å². The Morgan fingerprint density at radius 3 is 2.38 bits per heavy atom. The quantitative estimate of drug-likeness (QED) is 0.301. The minimum Gasteiger partial charge on any atom is -0.534 e. The maximum absolute atomic E-state index is 8.58. The minimum atomic E-state index is 0. The van der Waals surface area contributed by atoms with Gasteiger partial charge in [-0.05, 0) is 0 Å². The average Bonchev–Trinajstić information content (AvgIpc) is 1.69. The van der Waals surface area contributed by atoms with Gasteiger partial charge < -0.3 is 5.11 Å². The van der Waals surface area contributed by atoms with Crippen molar-refractivity contribution in [1.29, 1.82) is 0 Å². The molecule has 8 heavy (non-hydrogen) atoms. The van der Waals surface area contributed by atoms with Crippen molar-refractivity contribution in [2.45, 2.75) is 0 Å². The van der Waals surface area contributed by atoms with E-state index in [1.165, 1.54) is 0 Å². The Morgan fingerprint density at radius 1 is 1.38 bits per heavy atom. The molecule has 0 aliphatic heterocycles. The van der Waals surface area contributed by atoms with Crippen LogP contribution in [-0.4, -0.2) is 5.11 Å². The molecule has 0 atom stereocenters. The number of rotatable bonds is 0. The van der Waals surface area contributed by atoms with Gasteiger partial charge in [0, 0.05) is 5.75 Å². The van der Waals surface area contributed by atoms with Gasteiger partial charge in [0.2, 0.25) is 0 Å². The van der Waals surface area contributed by atoms with E-state index in [1.807, 2.05) is 0 Å². The summed E-state index contributed by atoms with van der Waals surface area (Å²) >= 11 is 0. The first-order valence-corrected chi connectivity index (χ1v) is 2.05. The van der Waals surface area contributed by atoms with Crippen LogP contribution < -0.4 is 18.9 Å². The molecule has 0 aliphatic rings. The van der Waals surface area contributed by atoms with E-state index in [0.717, 1.165) is 0 Å². The molecule has 1 aromatic rings. The fourth-order valence-electron chi connectivity index (χ4n) is 0.384. The number of aromatic hydroxyl groups is 1. The van der Waals surface area contributed by atoms with Gasteiger partial charge in [0.05, 0.1) is 0 Å². The number of phenols is 1. The summed E-state index contributed by atoms with van der Waals surface area (Å²) in [5.41, 5.74) is 0. The summed E-state index contributed by atoms with van der Waals surface area (Å²) in [4.78, 5) is 0. The molecule has 0 spiro atoms. The number of benzene rings is 1. The van der Waals surface area contributed by atoms with Gasteiger partial charge in [0.1, 0.15) is 0 Å². The smallest absolute Gasteiger partial charge is 0.534 e. The van der Waals surface area contributed by atoms with Gasteiger partial charge in [-0.3, -0.25) is 0 Å². The molecule has 1 rings (SSSR count). The summed E-state index contributed by atoms with van der Waals surface area (Å²) in [6.45, 7) is 0. The zero-order valence-electron chi connectivity index (χ0n) is 4.76. The molecule has 0 bridgehead atoms. The first-order valence-electron chi connectivity index (χ1n) is 2.05. The monoisotopic (exact) mass is 100 g/mol. The Kier molecular flexibility index (Phi) is 3.43. The van der Waals surface area contributed by atoms with Crippen molar-refractivity contribution in [2.75, 3.05) is 0 Å². The van der Waals surface area contributed by atoms with Crippen molar-refractivity contribution in [3.05, 3.63) is 30.3 Å². The molecule has 0 saturated carbocycles. The van der Waals surface area contributed by atoms with Crippen LogP contribution in [0, 0.1) is 6.07 Å². The Bertz CT molecular complexity index is 138. The molecule has 0 aromatic heterocycles. The van der Waals surface area contributed by atoms with Gasteiger partial charge in [0.15, 0.2) is 0 Å². The van der Waals surface area contributed by atoms with Crippen molar-refractivity contribution in [2.24, 2.45) is 0 Å². The van der Waals surface area contributed by atoms with Crippen LogP contribution in [0.5, 0.6) is 5.75 Å².